The minimum absolute atomic E-state index is 0.0226. The van der Waals surface area contributed by atoms with Crippen molar-refractivity contribution in [3.8, 4) is 0 Å². The van der Waals surface area contributed by atoms with Gasteiger partial charge in [0.15, 0.2) is 0 Å². The average Bonchev–Trinajstić information content (AvgIpc) is 2.31. The Hall–Kier alpha value is -1.84. The first-order valence-corrected chi connectivity index (χ1v) is 6.53. The molecule has 1 aromatic rings. The van der Waals surface area contributed by atoms with Crippen LogP contribution in [0.3, 0.4) is 0 Å². The van der Waals surface area contributed by atoms with Crippen LogP contribution in [0.25, 0.3) is 0 Å². The molecule has 0 saturated carbocycles. The summed E-state index contributed by atoms with van der Waals surface area (Å²) in [4.78, 5) is 24.6. The van der Waals surface area contributed by atoms with Crippen molar-refractivity contribution >= 4 is 17.6 Å². The zero-order valence-electron chi connectivity index (χ0n) is 11.7. The van der Waals surface area contributed by atoms with E-state index in [1.54, 1.807) is 11.8 Å². The van der Waals surface area contributed by atoms with Crippen LogP contribution in [0.5, 0.6) is 0 Å². The van der Waals surface area contributed by atoms with Gasteiger partial charge in [-0.05, 0) is 31.4 Å². The molecule has 1 unspecified atom stereocenters. The van der Waals surface area contributed by atoms with Crippen molar-refractivity contribution in [1.29, 1.82) is 0 Å². The standard InChI is InChI=1S/C15H21NO3/c1-4-16(13-8-6-5-7-12(13)3)14(17)9-11(2)10-15(18)19/h5-8,11H,4,9-10H2,1-3H3,(H,18,19). The Balaban J connectivity index is 2.78. The van der Waals surface area contributed by atoms with Gasteiger partial charge in [0.25, 0.3) is 0 Å². The van der Waals surface area contributed by atoms with Crippen LogP contribution in [0.1, 0.15) is 32.3 Å². The molecule has 1 rings (SSSR count). The Kier molecular flexibility index (Phi) is 5.55. The summed E-state index contributed by atoms with van der Waals surface area (Å²) >= 11 is 0. The molecule has 0 radical (unpaired) electrons. The molecule has 0 aliphatic carbocycles. The zero-order chi connectivity index (χ0) is 14.4. The van der Waals surface area contributed by atoms with E-state index in [1.807, 2.05) is 38.1 Å². The van der Waals surface area contributed by atoms with Crippen LogP contribution in [0.15, 0.2) is 24.3 Å². The summed E-state index contributed by atoms with van der Waals surface area (Å²) in [6, 6.07) is 7.72. The fraction of sp³-hybridized carbons (Fsp3) is 0.467. The number of rotatable bonds is 6. The number of carbonyl (C=O) groups is 2. The van der Waals surface area contributed by atoms with Crippen molar-refractivity contribution in [2.45, 2.75) is 33.6 Å². The maximum Gasteiger partial charge on any atom is 0.303 e. The number of benzene rings is 1. The summed E-state index contributed by atoms with van der Waals surface area (Å²) in [5.74, 6) is -1.03. The van der Waals surface area contributed by atoms with E-state index in [4.69, 9.17) is 5.11 Å². The normalized spacial score (nSPS) is 11.9. The lowest BCUT2D eigenvalue weighted by Gasteiger charge is -2.24. The average molecular weight is 263 g/mol. The summed E-state index contributed by atoms with van der Waals surface area (Å²) in [5, 5.41) is 8.73. The molecule has 0 fully saturated rings. The molecule has 4 heteroatoms. The SMILES string of the molecule is CCN(C(=O)CC(C)CC(=O)O)c1ccccc1C. The first kappa shape index (κ1) is 15.2. The molecule has 1 atom stereocenters. The maximum absolute atomic E-state index is 12.3. The second-order valence-corrected chi connectivity index (χ2v) is 4.83. The van der Waals surface area contributed by atoms with Gasteiger partial charge in [0, 0.05) is 25.1 Å². The number of carboxylic acids is 1. The van der Waals surface area contributed by atoms with Crippen molar-refractivity contribution < 1.29 is 14.7 Å². The highest BCUT2D eigenvalue weighted by molar-refractivity contribution is 5.94. The number of carboxylic acid groups (broad SMARTS) is 1. The van der Waals surface area contributed by atoms with Gasteiger partial charge in [-0.25, -0.2) is 0 Å². The quantitative estimate of drug-likeness (QED) is 0.858. The van der Waals surface area contributed by atoms with Gasteiger partial charge in [-0.3, -0.25) is 9.59 Å². The Labute approximate surface area is 114 Å². The van der Waals surface area contributed by atoms with Crippen molar-refractivity contribution in [2.24, 2.45) is 5.92 Å². The third-order valence-electron chi connectivity index (χ3n) is 3.07. The third kappa shape index (κ3) is 4.39. The van der Waals surface area contributed by atoms with Crippen LogP contribution >= 0.6 is 0 Å². The molecule has 0 spiro atoms. The molecule has 0 aliphatic heterocycles. The number of hydrogen-bond acceptors (Lipinski definition) is 2. The highest BCUT2D eigenvalue weighted by Crippen LogP contribution is 2.21. The summed E-state index contributed by atoms with van der Waals surface area (Å²) in [5.41, 5.74) is 1.95. The molecule has 4 nitrogen and oxygen atoms in total. The number of aliphatic carboxylic acids is 1. The number of carbonyl (C=O) groups excluding carboxylic acids is 1. The van der Waals surface area contributed by atoms with Crippen molar-refractivity contribution in [2.75, 3.05) is 11.4 Å². The molecule has 0 bridgehead atoms. The van der Waals surface area contributed by atoms with Gasteiger partial charge in [-0.15, -0.1) is 0 Å². The molecular weight excluding hydrogens is 242 g/mol. The topological polar surface area (TPSA) is 57.6 Å². The molecule has 104 valence electrons. The maximum atomic E-state index is 12.3. The zero-order valence-corrected chi connectivity index (χ0v) is 11.7. The van der Waals surface area contributed by atoms with Crippen LogP contribution in [0.2, 0.25) is 0 Å². The van der Waals surface area contributed by atoms with Crippen LogP contribution in [-0.2, 0) is 9.59 Å². The number of aryl methyl sites for hydroxylation is 1. The van der Waals surface area contributed by atoms with Crippen LogP contribution in [0.4, 0.5) is 5.69 Å². The molecule has 1 aromatic carbocycles. The lowest BCUT2D eigenvalue weighted by atomic mass is 10.0. The van der Waals surface area contributed by atoms with Crippen LogP contribution in [-0.4, -0.2) is 23.5 Å². The van der Waals surface area contributed by atoms with E-state index in [-0.39, 0.29) is 24.7 Å². The largest absolute Gasteiger partial charge is 0.481 e. The lowest BCUT2D eigenvalue weighted by molar-refractivity contribution is -0.138. The third-order valence-corrected chi connectivity index (χ3v) is 3.07. The molecule has 1 N–H and O–H groups in total. The molecular formula is C15H21NO3. The highest BCUT2D eigenvalue weighted by Gasteiger charge is 2.19. The molecule has 1 amide bonds. The van der Waals surface area contributed by atoms with Gasteiger partial charge in [-0.2, -0.15) is 0 Å². The van der Waals surface area contributed by atoms with E-state index < -0.39 is 5.97 Å². The second-order valence-electron chi connectivity index (χ2n) is 4.83. The van der Waals surface area contributed by atoms with Crippen molar-refractivity contribution in [3.05, 3.63) is 29.8 Å². The summed E-state index contributed by atoms with van der Waals surface area (Å²) in [7, 11) is 0. The Morgan fingerprint density at radius 2 is 1.89 bits per heavy atom. The molecule has 0 aromatic heterocycles. The van der Waals surface area contributed by atoms with Gasteiger partial charge >= 0.3 is 5.97 Å². The second kappa shape index (κ2) is 6.92. The Bertz CT molecular complexity index is 456. The van der Waals surface area contributed by atoms with Crippen LogP contribution in [0, 0.1) is 12.8 Å². The number of hydrogen-bond donors (Lipinski definition) is 1. The molecule has 0 saturated heterocycles. The number of nitrogens with zero attached hydrogens (tertiary/aromatic N) is 1. The smallest absolute Gasteiger partial charge is 0.303 e. The van der Waals surface area contributed by atoms with E-state index in [0.717, 1.165) is 11.3 Å². The van der Waals surface area contributed by atoms with Gasteiger partial charge in [0.05, 0.1) is 0 Å². The minimum atomic E-state index is -0.862. The summed E-state index contributed by atoms with van der Waals surface area (Å²) in [6.07, 6.45) is 0.283. The van der Waals surface area contributed by atoms with E-state index in [2.05, 4.69) is 0 Å². The van der Waals surface area contributed by atoms with Gasteiger partial charge < -0.3 is 10.0 Å². The van der Waals surface area contributed by atoms with E-state index in [1.165, 1.54) is 0 Å². The predicted octanol–water partition coefficient (Wildman–Crippen LogP) is 2.85. The fourth-order valence-corrected chi connectivity index (χ4v) is 2.13. The predicted molar refractivity (Wildman–Crippen MR) is 75.2 cm³/mol. The first-order chi connectivity index (χ1) is 8.95. The van der Waals surface area contributed by atoms with Gasteiger partial charge in [0.2, 0.25) is 5.91 Å². The molecule has 0 heterocycles. The Morgan fingerprint density at radius 3 is 2.42 bits per heavy atom. The van der Waals surface area contributed by atoms with Crippen molar-refractivity contribution in [3.63, 3.8) is 0 Å². The first-order valence-electron chi connectivity index (χ1n) is 6.53. The molecule has 19 heavy (non-hydrogen) atoms. The fourth-order valence-electron chi connectivity index (χ4n) is 2.13. The Morgan fingerprint density at radius 1 is 1.26 bits per heavy atom. The minimum Gasteiger partial charge on any atom is -0.481 e. The van der Waals surface area contributed by atoms with Crippen LogP contribution < -0.4 is 4.90 Å². The summed E-state index contributed by atoms with van der Waals surface area (Å²) in [6.45, 7) is 6.26. The summed E-state index contributed by atoms with van der Waals surface area (Å²) < 4.78 is 0. The van der Waals surface area contributed by atoms with E-state index in [0.29, 0.717) is 6.54 Å². The van der Waals surface area contributed by atoms with Crippen molar-refractivity contribution in [1.82, 2.24) is 0 Å². The van der Waals surface area contributed by atoms with Gasteiger partial charge in [0.1, 0.15) is 0 Å². The number of para-hydroxylation sites is 1. The lowest BCUT2D eigenvalue weighted by Crippen LogP contribution is -2.32. The number of anilines is 1. The molecule has 0 aliphatic rings. The van der Waals surface area contributed by atoms with E-state index in [9.17, 15) is 9.59 Å². The highest BCUT2D eigenvalue weighted by atomic mass is 16.4. The monoisotopic (exact) mass is 263 g/mol. The number of amides is 1. The van der Waals surface area contributed by atoms with Gasteiger partial charge in [-0.1, -0.05) is 25.1 Å². The van der Waals surface area contributed by atoms with E-state index >= 15 is 0 Å².